The van der Waals surface area contributed by atoms with E-state index >= 15 is 0 Å². The van der Waals surface area contributed by atoms with Gasteiger partial charge >= 0.3 is 0 Å². The number of nitrogens with one attached hydrogen (secondary N) is 3. The Kier molecular flexibility index (Phi) is 4.87. The van der Waals surface area contributed by atoms with Crippen molar-refractivity contribution in [2.75, 3.05) is 13.1 Å². The summed E-state index contributed by atoms with van der Waals surface area (Å²) in [7, 11) is 0. The third-order valence-electron chi connectivity index (χ3n) is 7.14. The van der Waals surface area contributed by atoms with Gasteiger partial charge in [-0.2, -0.15) is 0 Å². The minimum absolute atomic E-state index is 0.0871. The van der Waals surface area contributed by atoms with Gasteiger partial charge in [0.25, 0.3) is 5.91 Å². The monoisotopic (exact) mass is 396 g/mol. The van der Waals surface area contributed by atoms with Crippen molar-refractivity contribution in [1.82, 2.24) is 20.9 Å². The van der Waals surface area contributed by atoms with Crippen LogP contribution in [0.5, 0.6) is 0 Å². The summed E-state index contributed by atoms with van der Waals surface area (Å²) in [5.41, 5.74) is 2.72. The lowest BCUT2D eigenvalue weighted by atomic mass is 9.80. The highest BCUT2D eigenvalue weighted by atomic mass is 16.2. The number of amides is 3. The first-order valence-corrected chi connectivity index (χ1v) is 10.8. The molecule has 3 saturated heterocycles. The second kappa shape index (κ2) is 7.54. The fraction of sp³-hybridized carbons (Fsp3) is 0.591. The van der Waals surface area contributed by atoms with E-state index in [4.69, 9.17) is 0 Å². The molecule has 3 amide bonds. The smallest absolute Gasteiger partial charge is 0.255 e. The van der Waals surface area contributed by atoms with Crippen LogP contribution in [0.3, 0.4) is 0 Å². The van der Waals surface area contributed by atoms with Gasteiger partial charge in [0.2, 0.25) is 11.8 Å². The van der Waals surface area contributed by atoms with Crippen molar-refractivity contribution < 1.29 is 14.4 Å². The Bertz CT molecular complexity index is 850. The van der Waals surface area contributed by atoms with Crippen molar-refractivity contribution in [3.8, 4) is 0 Å². The van der Waals surface area contributed by atoms with Crippen LogP contribution in [0.2, 0.25) is 0 Å². The Morgan fingerprint density at radius 3 is 2.86 bits per heavy atom. The van der Waals surface area contributed by atoms with Gasteiger partial charge in [-0.3, -0.25) is 19.7 Å². The fourth-order valence-corrected chi connectivity index (χ4v) is 5.55. The Morgan fingerprint density at radius 1 is 1.10 bits per heavy atom. The Balaban J connectivity index is 1.31. The van der Waals surface area contributed by atoms with Crippen molar-refractivity contribution in [2.45, 2.75) is 57.3 Å². The number of fused-ring (bicyclic) bond motifs is 5. The highest BCUT2D eigenvalue weighted by Gasteiger charge is 2.40. The summed E-state index contributed by atoms with van der Waals surface area (Å²) in [4.78, 5) is 38.6. The molecule has 4 fully saturated rings. The predicted molar refractivity (Wildman–Crippen MR) is 107 cm³/mol. The molecule has 4 aliphatic heterocycles. The van der Waals surface area contributed by atoms with E-state index in [1.54, 1.807) is 4.90 Å². The lowest BCUT2D eigenvalue weighted by molar-refractivity contribution is -0.136. The number of imide groups is 1. The quantitative estimate of drug-likeness (QED) is 0.659. The molecule has 1 aromatic rings. The number of hydrogen-bond acceptors (Lipinski definition) is 5. The van der Waals surface area contributed by atoms with Gasteiger partial charge in [0.1, 0.15) is 6.04 Å². The van der Waals surface area contributed by atoms with E-state index < -0.39 is 6.04 Å². The number of nitrogens with zero attached hydrogens (tertiary/aromatic N) is 1. The van der Waals surface area contributed by atoms with Gasteiger partial charge in [-0.1, -0.05) is 18.2 Å². The molecule has 154 valence electrons. The van der Waals surface area contributed by atoms with Crippen molar-refractivity contribution in [3.05, 3.63) is 34.9 Å². The van der Waals surface area contributed by atoms with E-state index in [9.17, 15) is 14.4 Å². The van der Waals surface area contributed by atoms with Crippen molar-refractivity contribution in [3.63, 3.8) is 0 Å². The molecule has 7 nitrogen and oxygen atoms in total. The van der Waals surface area contributed by atoms with Crippen molar-refractivity contribution in [1.29, 1.82) is 0 Å². The largest absolute Gasteiger partial charge is 0.322 e. The zero-order valence-corrected chi connectivity index (χ0v) is 16.6. The normalized spacial score (nSPS) is 31.6. The molecule has 5 aliphatic rings. The SMILES string of the molecule is O=C1CCC(N2Cc3cccc(CN[C@@H]4C[C@H]5CC[C@@H]4CNC5)c3C2=O)C(=O)N1. The van der Waals surface area contributed by atoms with Crippen LogP contribution in [0.25, 0.3) is 0 Å². The van der Waals surface area contributed by atoms with Gasteiger partial charge in [0.05, 0.1) is 0 Å². The molecule has 0 aromatic heterocycles. The standard InChI is InChI=1S/C22H28N4O3/c27-19-7-6-18(21(28)25-19)26-12-16-3-1-2-15(20(16)22(26)29)11-24-17-8-13-4-5-14(17)10-23-9-13/h1-3,13-14,17-18,23-24H,4-12H2,(H,25,27,28)/t13-,14-,17-,18?/m1/s1. The maximum Gasteiger partial charge on any atom is 0.255 e. The topological polar surface area (TPSA) is 90.5 Å². The van der Waals surface area contributed by atoms with Crippen LogP contribution in [0.4, 0.5) is 0 Å². The predicted octanol–water partition coefficient (Wildman–Crippen LogP) is 0.925. The highest BCUT2D eigenvalue weighted by Crippen LogP contribution is 2.33. The van der Waals surface area contributed by atoms with Gasteiger partial charge < -0.3 is 15.5 Å². The maximum atomic E-state index is 13.2. The van der Waals surface area contributed by atoms with Crippen LogP contribution in [-0.2, 0) is 22.7 Å². The van der Waals surface area contributed by atoms with Crippen molar-refractivity contribution in [2.24, 2.45) is 11.8 Å². The summed E-state index contributed by atoms with van der Waals surface area (Å²) in [5.74, 6) is 0.700. The third kappa shape index (κ3) is 3.46. The first-order valence-electron chi connectivity index (χ1n) is 10.8. The molecule has 1 saturated carbocycles. The molecule has 3 N–H and O–H groups in total. The van der Waals surface area contributed by atoms with E-state index in [0.29, 0.717) is 31.5 Å². The number of hydrogen-bond donors (Lipinski definition) is 3. The maximum absolute atomic E-state index is 13.2. The molecule has 0 spiro atoms. The average molecular weight is 396 g/mol. The van der Waals surface area contributed by atoms with Crippen LogP contribution in [0.1, 0.15) is 53.6 Å². The summed E-state index contributed by atoms with van der Waals surface area (Å²) in [6.45, 7) is 3.30. The molecule has 2 bridgehead atoms. The van der Waals surface area contributed by atoms with Crippen LogP contribution in [0.15, 0.2) is 18.2 Å². The third-order valence-corrected chi connectivity index (χ3v) is 7.14. The number of benzene rings is 1. The summed E-state index contributed by atoms with van der Waals surface area (Å²) in [6, 6.07) is 5.92. The first-order chi connectivity index (χ1) is 14.1. The molecule has 29 heavy (non-hydrogen) atoms. The van der Waals surface area contributed by atoms with Gasteiger partial charge in [-0.15, -0.1) is 0 Å². The van der Waals surface area contributed by atoms with Crippen LogP contribution >= 0.6 is 0 Å². The van der Waals surface area contributed by atoms with Gasteiger partial charge in [0.15, 0.2) is 0 Å². The Morgan fingerprint density at radius 2 is 2.00 bits per heavy atom. The molecule has 7 heteroatoms. The molecule has 1 unspecified atom stereocenters. The first kappa shape index (κ1) is 18.8. The molecule has 4 atom stereocenters. The van der Waals surface area contributed by atoms with Gasteiger partial charge in [0, 0.05) is 31.1 Å². The van der Waals surface area contributed by atoms with Crippen molar-refractivity contribution >= 4 is 17.7 Å². The van der Waals surface area contributed by atoms with Crippen LogP contribution in [0, 0.1) is 11.8 Å². The number of rotatable bonds is 4. The number of carbonyl (C=O) groups excluding carboxylic acids is 3. The summed E-state index contributed by atoms with van der Waals surface area (Å²) < 4.78 is 0. The second-order valence-corrected chi connectivity index (χ2v) is 8.94. The molecule has 0 radical (unpaired) electrons. The van der Waals surface area contributed by atoms with E-state index in [1.807, 2.05) is 18.2 Å². The second-order valence-electron chi connectivity index (χ2n) is 8.94. The lowest BCUT2D eigenvalue weighted by Crippen LogP contribution is -2.52. The molecular formula is C22H28N4O3. The molecule has 1 aliphatic carbocycles. The molecule has 6 rings (SSSR count). The van der Waals surface area contributed by atoms with Crippen LogP contribution < -0.4 is 16.0 Å². The van der Waals surface area contributed by atoms with Crippen LogP contribution in [-0.4, -0.2) is 47.8 Å². The zero-order chi connectivity index (χ0) is 20.0. The Hall–Kier alpha value is -2.25. The van der Waals surface area contributed by atoms with E-state index in [2.05, 4.69) is 16.0 Å². The summed E-state index contributed by atoms with van der Waals surface area (Å²) in [6.07, 6.45) is 4.46. The molecule has 4 heterocycles. The average Bonchev–Trinajstić information content (AvgIpc) is 2.87. The van der Waals surface area contributed by atoms with E-state index in [1.165, 1.54) is 19.3 Å². The lowest BCUT2D eigenvalue weighted by Gasteiger charge is -2.33. The van der Waals surface area contributed by atoms with E-state index in [0.717, 1.165) is 35.7 Å². The summed E-state index contributed by atoms with van der Waals surface area (Å²) >= 11 is 0. The highest BCUT2D eigenvalue weighted by molar-refractivity contribution is 6.05. The number of piperidine rings is 1. The number of carbonyl (C=O) groups is 3. The Labute approximate surface area is 170 Å². The molecular weight excluding hydrogens is 368 g/mol. The molecule has 1 aromatic carbocycles. The zero-order valence-electron chi connectivity index (χ0n) is 16.6. The van der Waals surface area contributed by atoms with Gasteiger partial charge in [-0.05, 0) is 61.7 Å². The minimum Gasteiger partial charge on any atom is -0.322 e. The summed E-state index contributed by atoms with van der Waals surface area (Å²) in [5, 5.41) is 9.67. The van der Waals surface area contributed by atoms with E-state index in [-0.39, 0.29) is 24.1 Å². The minimum atomic E-state index is -0.558. The van der Waals surface area contributed by atoms with Gasteiger partial charge in [-0.25, -0.2) is 0 Å². The fourth-order valence-electron chi connectivity index (χ4n) is 5.55.